The van der Waals surface area contributed by atoms with Gasteiger partial charge in [-0.05, 0) is 96.7 Å². The summed E-state index contributed by atoms with van der Waals surface area (Å²) in [5.74, 6) is -1.87. The van der Waals surface area contributed by atoms with E-state index in [0.717, 1.165) is 42.0 Å². The number of halogens is 2. The van der Waals surface area contributed by atoms with Crippen LogP contribution in [0.15, 0.2) is 54.6 Å². The quantitative estimate of drug-likeness (QED) is 0.102. The van der Waals surface area contributed by atoms with Gasteiger partial charge in [0.15, 0.2) is 0 Å². The highest BCUT2D eigenvalue weighted by Crippen LogP contribution is 2.58. The van der Waals surface area contributed by atoms with E-state index >= 15 is 0 Å². The van der Waals surface area contributed by atoms with E-state index in [0.29, 0.717) is 30.6 Å². The molecular formula is C40H55F2N3O5S. The summed E-state index contributed by atoms with van der Waals surface area (Å²) >= 11 is 0. The summed E-state index contributed by atoms with van der Waals surface area (Å²) in [7, 11) is -3.02. The Kier molecular flexibility index (Phi) is 14.2. The molecule has 0 aliphatic carbocycles. The van der Waals surface area contributed by atoms with Gasteiger partial charge in [-0.3, -0.25) is 18.7 Å². The Labute approximate surface area is 303 Å². The molecule has 3 aromatic rings. The third kappa shape index (κ3) is 10.4. The number of benzene rings is 3. The topological polar surface area (TPSA) is 122 Å². The van der Waals surface area contributed by atoms with Crippen LogP contribution < -0.4 is 10.6 Å². The molecule has 0 unspecified atom stereocenters. The molecule has 8 nitrogen and oxygen atoms in total. The second-order valence-corrected chi connectivity index (χ2v) is 16.5. The number of carbonyl (C=O) groups is 2. The second-order valence-electron chi connectivity index (χ2n) is 14.2. The number of carbonyl (C=O) groups excluding carboxylic acids is 2. The predicted molar refractivity (Wildman–Crippen MR) is 202 cm³/mol. The molecule has 2 amide bonds. The van der Waals surface area contributed by atoms with Gasteiger partial charge in [-0.25, -0.2) is 8.78 Å². The van der Waals surface area contributed by atoms with Gasteiger partial charge in [0.2, 0.25) is 0 Å². The van der Waals surface area contributed by atoms with Crippen molar-refractivity contribution in [3.05, 3.63) is 105 Å². The molecule has 0 spiro atoms. The molecule has 0 bridgehead atoms. The number of aliphatic hydroxyl groups excluding tert-OH is 1. The van der Waals surface area contributed by atoms with Crippen LogP contribution in [0.2, 0.25) is 0 Å². The van der Waals surface area contributed by atoms with E-state index in [1.165, 1.54) is 18.2 Å². The summed E-state index contributed by atoms with van der Waals surface area (Å²) in [6.07, 6.45) is 1.52. The Morgan fingerprint density at radius 2 is 1.57 bits per heavy atom. The fourth-order valence-corrected chi connectivity index (χ4v) is 9.24. The Balaban J connectivity index is 1.65. The van der Waals surface area contributed by atoms with Crippen molar-refractivity contribution in [1.29, 1.82) is 0 Å². The van der Waals surface area contributed by atoms with Gasteiger partial charge in [0.1, 0.15) is 11.6 Å². The van der Waals surface area contributed by atoms with E-state index in [1.807, 2.05) is 32.9 Å². The summed E-state index contributed by atoms with van der Waals surface area (Å²) in [6.45, 7) is 13.1. The first-order valence-corrected chi connectivity index (χ1v) is 19.9. The lowest BCUT2D eigenvalue weighted by Gasteiger charge is -2.49. The summed E-state index contributed by atoms with van der Waals surface area (Å²) in [6, 6.07) is 12.6. The maximum absolute atomic E-state index is 14.3. The van der Waals surface area contributed by atoms with Crippen LogP contribution in [0.25, 0.3) is 0 Å². The number of nitrogens with zero attached hydrogens (tertiary/aromatic N) is 1. The summed E-state index contributed by atoms with van der Waals surface area (Å²) in [5, 5.41) is 17.5. The monoisotopic (exact) mass is 727 g/mol. The zero-order valence-electron chi connectivity index (χ0n) is 30.7. The van der Waals surface area contributed by atoms with Crippen molar-refractivity contribution >= 4 is 22.4 Å². The van der Waals surface area contributed by atoms with Crippen molar-refractivity contribution in [2.75, 3.05) is 19.6 Å². The molecule has 51 heavy (non-hydrogen) atoms. The first-order chi connectivity index (χ1) is 24.2. The molecular weight excluding hydrogens is 673 g/mol. The first-order valence-electron chi connectivity index (χ1n) is 18.1. The molecule has 3 aromatic carbocycles. The molecule has 1 aliphatic rings. The average Bonchev–Trinajstić information content (AvgIpc) is 3.06. The molecule has 1 aliphatic heterocycles. The number of fused-ring (bicyclic) bond motifs is 1. The van der Waals surface area contributed by atoms with Crippen LogP contribution in [-0.4, -0.2) is 68.0 Å². The molecule has 0 fully saturated rings. The van der Waals surface area contributed by atoms with Gasteiger partial charge in [0.05, 0.1) is 29.2 Å². The second kappa shape index (κ2) is 17.9. The van der Waals surface area contributed by atoms with Crippen LogP contribution >= 0.6 is 10.6 Å². The maximum atomic E-state index is 14.3. The molecule has 0 aromatic heterocycles. The van der Waals surface area contributed by atoms with Crippen LogP contribution in [0.3, 0.4) is 0 Å². The van der Waals surface area contributed by atoms with Gasteiger partial charge in [-0.1, -0.05) is 59.2 Å². The Morgan fingerprint density at radius 1 is 0.922 bits per heavy atom. The standard InChI is InChI=1S/C40H55F2N3O5S/c1-7-10-37-38(34-21-28(25(4)5)11-12-29(34)24-51(37,49)50)43-23-36(46)35(19-27-17-32(41)22-33(42)18-27)44-39(47)30-15-26(6)16-31(20-30)40(48)45(13-8-2)14-9-3/h11-12,15-18,20-22,25,35-38,43,46,49-50H,7-10,13-14,19,23-24H2,1-6H3,(H,44,47)/t35-,36+,37-,38-/m0/s1. The Hall–Kier alpha value is -3.35. The number of hydrogen-bond acceptors (Lipinski definition) is 6. The highest BCUT2D eigenvalue weighted by Gasteiger charge is 2.40. The molecule has 0 radical (unpaired) electrons. The van der Waals surface area contributed by atoms with Crippen molar-refractivity contribution in [3.8, 4) is 0 Å². The maximum Gasteiger partial charge on any atom is 0.253 e. The normalized spacial score (nSPS) is 18.5. The number of hydrogen-bond donors (Lipinski definition) is 5. The minimum atomic E-state index is -3.02. The average molecular weight is 728 g/mol. The molecule has 4 atom stereocenters. The van der Waals surface area contributed by atoms with E-state index in [9.17, 15) is 32.6 Å². The van der Waals surface area contributed by atoms with E-state index in [2.05, 4.69) is 30.5 Å². The van der Waals surface area contributed by atoms with Gasteiger partial charge in [0, 0.05) is 36.8 Å². The smallest absolute Gasteiger partial charge is 0.253 e. The van der Waals surface area contributed by atoms with Gasteiger partial charge in [0.25, 0.3) is 11.8 Å². The molecule has 0 saturated carbocycles. The van der Waals surface area contributed by atoms with E-state index in [-0.39, 0.29) is 41.7 Å². The molecule has 1 heterocycles. The number of rotatable bonds is 16. The SMILES string of the molecule is CCC[C@H]1[C@@H](NC[C@@H](O)[C@H](Cc2cc(F)cc(F)c2)NC(=O)c2cc(C)cc(C(=O)N(CCC)CCC)c2)c2cc(C(C)C)ccc2CS1(O)O. The number of nitrogens with one attached hydrogen (secondary N) is 2. The Bertz CT molecular complexity index is 1640. The third-order valence-corrected chi connectivity index (χ3v) is 11.7. The lowest BCUT2D eigenvalue weighted by Crippen LogP contribution is -2.50. The summed E-state index contributed by atoms with van der Waals surface area (Å²) < 4.78 is 51.1. The minimum absolute atomic E-state index is 0.0605. The van der Waals surface area contributed by atoms with Crippen molar-refractivity contribution in [2.24, 2.45) is 0 Å². The summed E-state index contributed by atoms with van der Waals surface area (Å²) in [5.41, 5.74) is 4.45. The molecule has 4 rings (SSSR count). The fraction of sp³-hybridized carbons (Fsp3) is 0.500. The lowest BCUT2D eigenvalue weighted by molar-refractivity contribution is 0.0755. The van der Waals surface area contributed by atoms with Crippen LogP contribution in [0.1, 0.15) is 121 Å². The highest BCUT2D eigenvalue weighted by molar-refractivity contribution is 8.24. The number of aryl methyl sites for hydroxylation is 1. The highest BCUT2D eigenvalue weighted by atomic mass is 32.3. The largest absolute Gasteiger partial charge is 0.390 e. The zero-order chi connectivity index (χ0) is 37.5. The van der Waals surface area contributed by atoms with Gasteiger partial charge in [-0.2, -0.15) is 10.6 Å². The van der Waals surface area contributed by atoms with Crippen LogP contribution in [0.4, 0.5) is 8.78 Å². The van der Waals surface area contributed by atoms with Crippen molar-refractivity contribution < 1.29 is 32.6 Å². The third-order valence-electron chi connectivity index (χ3n) is 9.54. The minimum Gasteiger partial charge on any atom is -0.390 e. The fourth-order valence-electron chi connectivity index (χ4n) is 7.01. The number of amides is 2. The molecule has 0 saturated heterocycles. The first kappa shape index (κ1) is 40.4. The Morgan fingerprint density at radius 3 is 2.18 bits per heavy atom. The molecule has 11 heteroatoms. The van der Waals surface area contributed by atoms with Crippen LogP contribution in [0, 0.1) is 18.6 Å². The molecule has 5 N–H and O–H groups in total. The van der Waals surface area contributed by atoms with Crippen LogP contribution in [-0.2, 0) is 12.2 Å². The molecule has 280 valence electrons. The lowest BCUT2D eigenvalue weighted by atomic mass is 9.90. The van der Waals surface area contributed by atoms with Crippen LogP contribution in [0.5, 0.6) is 0 Å². The van der Waals surface area contributed by atoms with Crippen molar-refractivity contribution in [1.82, 2.24) is 15.5 Å². The van der Waals surface area contributed by atoms with Crippen molar-refractivity contribution in [3.63, 3.8) is 0 Å². The number of aliphatic hydroxyl groups is 1. The van der Waals surface area contributed by atoms with E-state index in [4.69, 9.17) is 0 Å². The van der Waals surface area contributed by atoms with Gasteiger partial charge < -0.3 is 20.6 Å². The predicted octanol–water partition coefficient (Wildman–Crippen LogP) is 8.12. The summed E-state index contributed by atoms with van der Waals surface area (Å²) in [4.78, 5) is 29.0. The van der Waals surface area contributed by atoms with E-state index in [1.54, 1.807) is 24.0 Å². The van der Waals surface area contributed by atoms with Gasteiger partial charge >= 0.3 is 0 Å². The van der Waals surface area contributed by atoms with Crippen molar-refractivity contribution in [2.45, 2.75) is 109 Å². The van der Waals surface area contributed by atoms with Gasteiger partial charge in [-0.15, -0.1) is 0 Å². The van der Waals surface area contributed by atoms with E-state index < -0.39 is 51.6 Å². The zero-order valence-corrected chi connectivity index (χ0v) is 31.5.